The molecule has 1 atom stereocenters. The monoisotopic (exact) mass is 337 g/mol. The van der Waals surface area contributed by atoms with Crippen LogP contribution in [0.25, 0.3) is 0 Å². The Hall–Kier alpha value is -1.72. The van der Waals surface area contributed by atoms with E-state index in [1.165, 1.54) is 6.07 Å². The van der Waals surface area contributed by atoms with Gasteiger partial charge in [-0.1, -0.05) is 12.1 Å². The molecule has 0 amide bonds. The molecule has 0 fully saturated rings. The predicted octanol–water partition coefficient (Wildman–Crippen LogP) is 2.62. The Labute approximate surface area is 127 Å². The van der Waals surface area contributed by atoms with Crippen molar-refractivity contribution in [3.63, 3.8) is 0 Å². The van der Waals surface area contributed by atoms with E-state index in [-0.39, 0.29) is 40.1 Å². The summed E-state index contributed by atoms with van der Waals surface area (Å²) in [5, 5.41) is 31.8. The van der Waals surface area contributed by atoms with Gasteiger partial charge in [-0.2, -0.15) is 0 Å². The average Bonchev–Trinajstić information content (AvgIpc) is 2.41. The smallest absolute Gasteiger partial charge is 0.157 e. The number of nitrogens with one attached hydrogen (secondary N) is 1. The number of hydrogen-bond donors (Lipinski definition) is 4. The van der Waals surface area contributed by atoms with Crippen molar-refractivity contribution < 1.29 is 15.3 Å². The van der Waals surface area contributed by atoms with Gasteiger partial charge in [0.1, 0.15) is 5.75 Å². The second-order valence-corrected chi connectivity index (χ2v) is 4.81. The molecule has 0 aliphatic carbocycles. The molecule has 106 valence electrons. The SMILES string of the molecule is Br.Oc1ccc2c(c1)CNCC2c1ccc(O)c(O)c1. The normalized spacial score (nSPS) is 17.1. The van der Waals surface area contributed by atoms with Crippen LogP contribution in [0.4, 0.5) is 0 Å². The molecule has 4 N–H and O–H groups in total. The maximum atomic E-state index is 9.61. The molecule has 0 radical (unpaired) electrons. The highest BCUT2D eigenvalue weighted by atomic mass is 79.9. The Kier molecular flexibility index (Phi) is 4.20. The Morgan fingerprint density at radius 1 is 0.950 bits per heavy atom. The zero-order chi connectivity index (χ0) is 13.4. The topological polar surface area (TPSA) is 72.7 Å². The van der Waals surface area contributed by atoms with Crippen molar-refractivity contribution >= 4 is 17.0 Å². The van der Waals surface area contributed by atoms with Crippen molar-refractivity contribution in [2.24, 2.45) is 0 Å². The molecule has 20 heavy (non-hydrogen) atoms. The van der Waals surface area contributed by atoms with E-state index in [1.807, 2.05) is 12.1 Å². The fraction of sp³-hybridized carbons (Fsp3) is 0.200. The molecule has 0 saturated heterocycles. The molecule has 1 aliphatic rings. The number of fused-ring (bicyclic) bond motifs is 1. The van der Waals surface area contributed by atoms with E-state index in [0.717, 1.165) is 29.8 Å². The van der Waals surface area contributed by atoms with Gasteiger partial charge in [0, 0.05) is 19.0 Å². The molecule has 4 nitrogen and oxygen atoms in total. The van der Waals surface area contributed by atoms with Crippen molar-refractivity contribution in [3.05, 3.63) is 53.1 Å². The van der Waals surface area contributed by atoms with E-state index in [9.17, 15) is 15.3 Å². The van der Waals surface area contributed by atoms with Crippen molar-refractivity contribution in [1.82, 2.24) is 5.32 Å². The summed E-state index contributed by atoms with van der Waals surface area (Å²) >= 11 is 0. The van der Waals surface area contributed by atoms with Gasteiger partial charge in [-0.3, -0.25) is 0 Å². The van der Waals surface area contributed by atoms with Gasteiger partial charge < -0.3 is 20.6 Å². The molecule has 5 heteroatoms. The third kappa shape index (κ3) is 2.59. The van der Waals surface area contributed by atoms with E-state index < -0.39 is 0 Å². The van der Waals surface area contributed by atoms with Gasteiger partial charge in [0.15, 0.2) is 11.5 Å². The van der Waals surface area contributed by atoms with Gasteiger partial charge in [-0.25, -0.2) is 0 Å². The number of rotatable bonds is 1. The van der Waals surface area contributed by atoms with Crippen LogP contribution in [-0.2, 0) is 6.54 Å². The number of benzene rings is 2. The number of halogens is 1. The fourth-order valence-corrected chi connectivity index (χ4v) is 2.60. The van der Waals surface area contributed by atoms with Crippen molar-refractivity contribution in [1.29, 1.82) is 0 Å². The van der Waals surface area contributed by atoms with Gasteiger partial charge >= 0.3 is 0 Å². The number of hydrogen-bond acceptors (Lipinski definition) is 4. The molecular weight excluding hydrogens is 322 g/mol. The first-order chi connectivity index (χ1) is 9.15. The fourth-order valence-electron chi connectivity index (χ4n) is 2.60. The summed E-state index contributed by atoms with van der Waals surface area (Å²) in [5.41, 5.74) is 3.14. The van der Waals surface area contributed by atoms with Crippen LogP contribution in [0.15, 0.2) is 36.4 Å². The summed E-state index contributed by atoms with van der Waals surface area (Å²) in [6.45, 7) is 1.49. The molecule has 1 aliphatic heterocycles. The third-order valence-corrected chi connectivity index (χ3v) is 3.57. The predicted molar refractivity (Wildman–Crippen MR) is 81.8 cm³/mol. The zero-order valence-electron chi connectivity index (χ0n) is 10.7. The minimum Gasteiger partial charge on any atom is -0.508 e. The summed E-state index contributed by atoms with van der Waals surface area (Å²) < 4.78 is 0. The Balaban J connectivity index is 0.00000147. The van der Waals surface area contributed by atoms with Crippen molar-refractivity contribution in [2.75, 3.05) is 6.54 Å². The Morgan fingerprint density at radius 3 is 2.50 bits per heavy atom. The molecule has 0 spiro atoms. The molecule has 2 aromatic carbocycles. The van der Waals surface area contributed by atoms with Crippen LogP contribution in [0.3, 0.4) is 0 Å². The van der Waals surface area contributed by atoms with Crippen LogP contribution in [-0.4, -0.2) is 21.9 Å². The lowest BCUT2D eigenvalue weighted by molar-refractivity contribution is 0.402. The average molecular weight is 338 g/mol. The molecule has 1 heterocycles. The van der Waals surface area contributed by atoms with Gasteiger partial charge in [0.05, 0.1) is 0 Å². The molecular formula is C15H16BrNO3. The van der Waals surface area contributed by atoms with E-state index in [4.69, 9.17) is 0 Å². The quantitative estimate of drug-likeness (QED) is 0.603. The first-order valence-electron chi connectivity index (χ1n) is 6.19. The zero-order valence-corrected chi connectivity index (χ0v) is 12.4. The largest absolute Gasteiger partial charge is 0.508 e. The molecule has 3 rings (SSSR count). The van der Waals surface area contributed by atoms with Crippen LogP contribution < -0.4 is 5.32 Å². The maximum absolute atomic E-state index is 9.61. The molecule has 1 unspecified atom stereocenters. The van der Waals surface area contributed by atoms with Crippen molar-refractivity contribution in [3.8, 4) is 17.2 Å². The molecule has 0 saturated carbocycles. The highest BCUT2D eigenvalue weighted by Crippen LogP contribution is 2.35. The summed E-state index contributed by atoms with van der Waals surface area (Å²) in [6, 6.07) is 10.2. The van der Waals surface area contributed by atoms with Crippen LogP contribution in [0.5, 0.6) is 17.2 Å². The van der Waals surface area contributed by atoms with Crippen LogP contribution >= 0.6 is 17.0 Å². The first-order valence-corrected chi connectivity index (χ1v) is 6.19. The molecule has 0 aromatic heterocycles. The second kappa shape index (κ2) is 5.73. The van der Waals surface area contributed by atoms with Gasteiger partial charge in [0.25, 0.3) is 0 Å². The van der Waals surface area contributed by atoms with Gasteiger partial charge in [-0.15, -0.1) is 17.0 Å². The van der Waals surface area contributed by atoms with Gasteiger partial charge in [0.2, 0.25) is 0 Å². The number of phenolic OH excluding ortho intramolecular Hbond substituents is 3. The standard InChI is InChI=1S/C15H15NO3.BrH/c17-11-2-3-12-10(5-11)7-16-8-13(12)9-1-4-14(18)15(19)6-9;/h1-6,13,16-19H,7-8H2;1H. The summed E-state index contributed by atoms with van der Waals surface area (Å²) in [7, 11) is 0. The van der Waals surface area contributed by atoms with E-state index in [1.54, 1.807) is 18.2 Å². The Bertz CT molecular complexity index is 631. The summed E-state index contributed by atoms with van der Waals surface area (Å²) in [5.74, 6) is 0.146. The number of phenols is 3. The summed E-state index contributed by atoms with van der Waals surface area (Å²) in [6.07, 6.45) is 0. The molecule has 2 aromatic rings. The van der Waals surface area contributed by atoms with Crippen LogP contribution in [0, 0.1) is 0 Å². The van der Waals surface area contributed by atoms with E-state index in [0.29, 0.717) is 0 Å². The van der Waals surface area contributed by atoms with E-state index in [2.05, 4.69) is 5.32 Å². The summed E-state index contributed by atoms with van der Waals surface area (Å²) in [4.78, 5) is 0. The highest BCUT2D eigenvalue weighted by molar-refractivity contribution is 8.93. The second-order valence-electron chi connectivity index (χ2n) is 4.81. The van der Waals surface area contributed by atoms with E-state index >= 15 is 0 Å². The minimum atomic E-state index is -0.113. The maximum Gasteiger partial charge on any atom is 0.157 e. The molecule has 0 bridgehead atoms. The van der Waals surface area contributed by atoms with Crippen molar-refractivity contribution in [2.45, 2.75) is 12.5 Å². The Morgan fingerprint density at radius 2 is 1.75 bits per heavy atom. The lowest BCUT2D eigenvalue weighted by Crippen LogP contribution is -2.28. The lowest BCUT2D eigenvalue weighted by atomic mass is 9.85. The van der Waals surface area contributed by atoms with Crippen LogP contribution in [0.1, 0.15) is 22.6 Å². The van der Waals surface area contributed by atoms with Gasteiger partial charge in [-0.05, 0) is 41.0 Å². The highest BCUT2D eigenvalue weighted by Gasteiger charge is 2.22. The minimum absolute atomic E-state index is 0. The first kappa shape index (κ1) is 14.7. The number of aromatic hydroxyl groups is 3. The van der Waals surface area contributed by atoms with Crippen LogP contribution in [0.2, 0.25) is 0 Å². The third-order valence-electron chi connectivity index (χ3n) is 3.57. The lowest BCUT2D eigenvalue weighted by Gasteiger charge is -2.27.